The Morgan fingerprint density at radius 2 is 1.84 bits per heavy atom. The van der Waals surface area contributed by atoms with Gasteiger partial charge in [-0.05, 0) is 36.0 Å². The number of nitrogens with zero attached hydrogens (tertiary/aromatic N) is 2. The minimum absolute atomic E-state index is 0.0900. The van der Waals surface area contributed by atoms with Gasteiger partial charge >= 0.3 is 0 Å². The van der Waals surface area contributed by atoms with Gasteiger partial charge in [0.1, 0.15) is 11.9 Å². The number of likely N-dealkylation sites (tertiary alicyclic amines) is 1. The third kappa shape index (κ3) is 4.64. The molecule has 0 aliphatic carbocycles. The van der Waals surface area contributed by atoms with Crippen LogP contribution in [0.2, 0.25) is 0 Å². The first-order valence-corrected chi connectivity index (χ1v) is 11.0. The highest BCUT2D eigenvalue weighted by molar-refractivity contribution is 5.87. The van der Waals surface area contributed by atoms with E-state index in [-0.39, 0.29) is 17.9 Å². The van der Waals surface area contributed by atoms with Crippen molar-refractivity contribution in [3.05, 3.63) is 79.3 Å². The molecule has 0 bridgehead atoms. The van der Waals surface area contributed by atoms with Gasteiger partial charge in [-0.3, -0.25) is 9.59 Å². The molecular weight excluding hydrogens is 400 g/mol. The number of hydrogen-bond donors (Lipinski definition) is 2. The molecule has 1 aromatic heterocycles. The number of carbonyl (C=O) groups is 2. The molecule has 1 aliphatic heterocycles. The third-order valence-corrected chi connectivity index (χ3v) is 5.83. The zero-order valence-corrected chi connectivity index (χ0v) is 18.3. The highest BCUT2D eigenvalue weighted by Gasteiger charge is 2.35. The Hall–Kier alpha value is -3.67. The zero-order chi connectivity index (χ0) is 22.5. The van der Waals surface area contributed by atoms with E-state index in [1.54, 1.807) is 6.08 Å². The monoisotopic (exact) mass is 428 g/mol. The van der Waals surface area contributed by atoms with Gasteiger partial charge in [-0.15, -0.1) is 6.58 Å². The summed E-state index contributed by atoms with van der Waals surface area (Å²) in [6.07, 6.45) is 5.63. The molecule has 164 valence electrons. The second kappa shape index (κ2) is 9.64. The molecule has 2 atom stereocenters. The molecule has 32 heavy (non-hydrogen) atoms. The molecule has 2 amide bonds. The lowest BCUT2D eigenvalue weighted by Crippen LogP contribution is -2.47. The van der Waals surface area contributed by atoms with Gasteiger partial charge in [0.15, 0.2) is 0 Å². The fourth-order valence-corrected chi connectivity index (χ4v) is 4.27. The average molecular weight is 429 g/mol. The van der Waals surface area contributed by atoms with E-state index in [0.717, 1.165) is 35.5 Å². The first-order valence-electron chi connectivity index (χ1n) is 11.0. The van der Waals surface area contributed by atoms with Crippen LogP contribution in [0, 0.1) is 0 Å². The van der Waals surface area contributed by atoms with E-state index < -0.39 is 6.04 Å². The summed E-state index contributed by atoms with van der Waals surface area (Å²) >= 11 is 0. The number of amides is 2. The van der Waals surface area contributed by atoms with Crippen molar-refractivity contribution in [2.75, 3.05) is 6.54 Å². The number of imidazole rings is 1. The van der Waals surface area contributed by atoms with Crippen molar-refractivity contribution in [3.63, 3.8) is 0 Å². The summed E-state index contributed by atoms with van der Waals surface area (Å²) in [4.78, 5) is 34.5. The first-order chi connectivity index (χ1) is 15.6. The summed E-state index contributed by atoms with van der Waals surface area (Å²) in [7, 11) is 0. The van der Waals surface area contributed by atoms with Crippen LogP contribution >= 0.6 is 0 Å². The van der Waals surface area contributed by atoms with Crippen LogP contribution in [0.25, 0.3) is 22.4 Å². The summed E-state index contributed by atoms with van der Waals surface area (Å²) in [6, 6.07) is 17.9. The molecular formula is C26H28N4O2. The van der Waals surface area contributed by atoms with Crippen molar-refractivity contribution < 1.29 is 9.59 Å². The number of aromatic nitrogens is 2. The average Bonchev–Trinajstić information content (AvgIpc) is 3.48. The third-order valence-electron chi connectivity index (χ3n) is 5.83. The first kappa shape index (κ1) is 21.6. The molecule has 2 aromatic carbocycles. The molecule has 0 saturated carbocycles. The molecule has 0 spiro atoms. The number of nitrogens with one attached hydrogen (secondary N) is 2. The maximum Gasteiger partial charge on any atom is 0.246 e. The van der Waals surface area contributed by atoms with Crippen LogP contribution in [-0.4, -0.2) is 39.3 Å². The molecule has 2 N–H and O–H groups in total. The van der Waals surface area contributed by atoms with E-state index in [9.17, 15) is 9.59 Å². The molecule has 1 aliphatic rings. The van der Waals surface area contributed by atoms with Gasteiger partial charge in [-0.2, -0.15) is 0 Å². The van der Waals surface area contributed by atoms with Gasteiger partial charge in [0.2, 0.25) is 11.8 Å². The lowest BCUT2D eigenvalue weighted by molar-refractivity contribution is -0.137. The van der Waals surface area contributed by atoms with Gasteiger partial charge in [0.25, 0.3) is 0 Å². The highest BCUT2D eigenvalue weighted by atomic mass is 16.2. The molecule has 4 rings (SSSR count). The maximum absolute atomic E-state index is 13.1. The fourth-order valence-electron chi connectivity index (χ4n) is 4.27. The van der Waals surface area contributed by atoms with Crippen molar-refractivity contribution in [3.8, 4) is 22.4 Å². The van der Waals surface area contributed by atoms with Crippen LogP contribution in [0.3, 0.4) is 0 Å². The van der Waals surface area contributed by atoms with E-state index in [4.69, 9.17) is 0 Å². The van der Waals surface area contributed by atoms with E-state index in [1.165, 1.54) is 12.5 Å². The SMILES string of the molecule is C=CC[C@H](NC(C)=O)C(=O)N1CCC[C@@H]1c1ncc(-c2ccc(-c3ccccc3)cc2)[nH]1. The quantitative estimate of drug-likeness (QED) is 0.545. The molecule has 1 fully saturated rings. The zero-order valence-electron chi connectivity index (χ0n) is 18.3. The van der Waals surface area contributed by atoms with E-state index in [1.807, 2.05) is 29.3 Å². The molecule has 1 saturated heterocycles. The normalized spacial score (nSPS) is 16.5. The fraction of sp³-hybridized carbons (Fsp3) is 0.269. The number of benzene rings is 2. The van der Waals surface area contributed by atoms with Crippen LogP contribution in [0.15, 0.2) is 73.4 Å². The minimum Gasteiger partial charge on any atom is -0.344 e. The van der Waals surface area contributed by atoms with Gasteiger partial charge in [0, 0.05) is 13.5 Å². The number of H-pyrrole nitrogens is 1. The van der Waals surface area contributed by atoms with Crippen LogP contribution in [0.1, 0.15) is 38.1 Å². The Kier molecular flexibility index (Phi) is 6.50. The van der Waals surface area contributed by atoms with Gasteiger partial charge in [-0.1, -0.05) is 60.7 Å². The van der Waals surface area contributed by atoms with Gasteiger partial charge in [-0.25, -0.2) is 4.98 Å². The number of carbonyl (C=O) groups excluding carboxylic acids is 2. The van der Waals surface area contributed by atoms with Crippen LogP contribution < -0.4 is 5.32 Å². The summed E-state index contributed by atoms with van der Waals surface area (Å²) < 4.78 is 0. The lowest BCUT2D eigenvalue weighted by Gasteiger charge is -2.27. The van der Waals surface area contributed by atoms with Crippen molar-refractivity contribution in [2.24, 2.45) is 0 Å². The Labute approximate surface area is 188 Å². The predicted molar refractivity (Wildman–Crippen MR) is 126 cm³/mol. The standard InChI is InChI=1S/C26H28N4O2/c1-3-8-22(28-18(2)31)26(32)30-16-7-11-24(30)25-27-17-23(29-25)21-14-12-20(13-15-21)19-9-5-4-6-10-19/h3-6,9-10,12-15,17,22,24H,1,7-8,11,16H2,2H3,(H,27,29)(H,28,31)/t22-,24+/m0/s1. The number of aromatic amines is 1. The minimum atomic E-state index is -0.592. The van der Waals surface area contributed by atoms with Crippen LogP contribution in [0.5, 0.6) is 0 Å². The highest BCUT2D eigenvalue weighted by Crippen LogP contribution is 2.32. The van der Waals surface area contributed by atoms with Crippen molar-refractivity contribution >= 4 is 11.8 Å². The maximum atomic E-state index is 13.1. The van der Waals surface area contributed by atoms with E-state index >= 15 is 0 Å². The molecule has 0 radical (unpaired) electrons. The van der Waals surface area contributed by atoms with Gasteiger partial charge < -0.3 is 15.2 Å². The second-order valence-corrected chi connectivity index (χ2v) is 8.09. The summed E-state index contributed by atoms with van der Waals surface area (Å²) in [5, 5.41) is 2.75. The Morgan fingerprint density at radius 3 is 2.53 bits per heavy atom. The summed E-state index contributed by atoms with van der Waals surface area (Å²) in [6.45, 7) is 5.79. The van der Waals surface area contributed by atoms with Crippen molar-refractivity contribution in [1.29, 1.82) is 0 Å². The Bertz CT molecular complexity index is 1090. The number of rotatable bonds is 7. The molecule has 0 unspecified atom stereocenters. The van der Waals surface area contributed by atoms with E-state index in [0.29, 0.717) is 13.0 Å². The van der Waals surface area contributed by atoms with Crippen molar-refractivity contribution in [1.82, 2.24) is 20.2 Å². The molecule has 3 aromatic rings. The Balaban J connectivity index is 1.51. The van der Waals surface area contributed by atoms with Crippen LogP contribution in [0.4, 0.5) is 0 Å². The van der Waals surface area contributed by atoms with Gasteiger partial charge in [0.05, 0.1) is 17.9 Å². The van der Waals surface area contributed by atoms with Crippen molar-refractivity contribution in [2.45, 2.75) is 38.3 Å². The Morgan fingerprint density at radius 1 is 1.16 bits per heavy atom. The lowest BCUT2D eigenvalue weighted by atomic mass is 10.0. The number of hydrogen-bond acceptors (Lipinski definition) is 3. The molecule has 2 heterocycles. The summed E-state index contributed by atoms with van der Waals surface area (Å²) in [5.41, 5.74) is 4.30. The molecule has 6 heteroatoms. The topological polar surface area (TPSA) is 78.1 Å². The predicted octanol–water partition coefficient (Wildman–Crippen LogP) is 4.49. The van der Waals surface area contributed by atoms with E-state index in [2.05, 4.69) is 58.3 Å². The summed E-state index contributed by atoms with van der Waals surface area (Å²) in [5.74, 6) is 0.464. The second-order valence-electron chi connectivity index (χ2n) is 8.09. The largest absolute Gasteiger partial charge is 0.344 e. The molecule has 6 nitrogen and oxygen atoms in total. The smallest absolute Gasteiger partial charge is 0.246 e. The van der Waals surface area contributed by atoms with Crippen LogP contribution in [-0.2, 0) is 9.59 Å².